The molecule has 0 saturated carbocycles. The number of furan rings is 2. The molecular weight excluding hydrogens is 1320 g/mol. The van der Waals surface area contributed by atoms with Crippen molar-refractivity contribution < 1.29 is 8.83 Å². The predicted molar refractivity (Wildman–Crippen MR) is 453 cm³/mol. The smallest absolute Gasteiger partial charge is 0.164 e. The summed E-state index contributed by atoms with van der Waals surface area (Å²) in [5.74, 6) is 2.26. The van der Waals surface area contributed by atoms with Gasteiger partial charge in [-0.25, -0.2) is 24.9 Å². The SMILES string of the molecule is C=Cc1cc(-c2ccc3c4ccccc4c4ccccc4c3c2)cc2c1oc1cccc(-c3nc(-c4ccccc4)nc(-c4ccc(-c5ccc6c7ccccc7c7ccc(-c8ccc9oc%10cccc(C(=C)N=C(N=C(CC)c%11cccc(-c%12ccccc%12)c%11)c%11ccccc%11)c%10c9c8)cc7c6c5)cc4)n3)c12. The van der Waals surface area contributed by atoms with Gasteiger partial charge in [-0.2, -0.15) is 0 Å². The second-order valence-corrected chi connectivity index (χ2v) is 27.7. The topological polar surface area (TPSA) is 89.7 Å². The average molecular weight is 1380 g/mol. The summed E-state index contributed by atoms with van der Waals surface area (Å²) < 4.78 is 13.5. The fourth-order valence-electron chi connectivity index (χ4n) is 16.2. The first-order valence-electron chi connectivity index (χ1n) is 36.6. The molecule has 7 heteroatoms. The van der Waals surface area contributed by atoms with E-state index >= 15 is 0 Å². The molecule has 3 aromatic heterocycles. The number of fused-ring (bicyclic) bond motifs is 18. The molecular formula is C101H65N5O2. The molecule has 0 radical (unpaired) electrons. The zero-order valence-corrected chi connectivity index (χ0v) is 59.0. The van der Waals surface area contributed by atoms with Gasteiger partial charge >= 0.3 is 0 Å². The van der Waals surface area contributed by atoms with Crippen molar-refractivity contribution in [3.8, 4) is 78.7 Å². The molecule has 0 bridgehead atoms. The fraction of sp³-hybridized carbons (Fsp3) is 0.0198. The van der Waals surface area contributed by atoms with Crippen LogP contribution in [-0.2, 0) is 0 Å². The lowest BCUT2D eigenvalue weighted by molar-refractivity contribution is 0.668. The van der Waals surface area contributed by atoms with E-state index in [-0.39, 0.29) is 0 Å². The van der Waals surface area contributed by atoms with Crippen molar-refractivity contribution in [3.05, 3.63) is 369 Å². The van der Waals surface area contributed by atoms with Gasteiger partial charge in [0, 0.05) is 60.6 Å². The van der Waals surface area contributed by atoms with Crippen LogP contribution in [0.1, 0.15) is 35.6 Å². The quantitative estimate of drug-likeness (QED) is 0.0652. The Morgan fingerprint density at radius 1 is 0.315 bits per heavy atom. The largest absolute Gasteiger partial charge is 0.456 e. The van der Waals surface area contributed by atoms with Crippen molar-refractivity contribution in [2.75, 3.05) is 0 Å². The highest BCUT2D eigenvalue weighted by Crippen LogP contribution is 2.46. The molecule has 0 saturated heterocycles. The van der Waals surface area contributed by atoms with E-state index in [2.05, 4.69) is 275 Å². The van der Waals surface area contributed by atoms with Gasteiger partial charge in [0.05, 0.1) is 5.70 Å². The minimum atomic E-state index is 0.542. The maximum Gasteiger partial charge on any atom is 0.164 e. The summed E-state index contributed by atoms with van der Waals surface area (Å²) in [4.78, 5) is 26.6. The van der Waals surface area contributed by atoms with Crippen LogP contribution in [-0.4, -0.2) is 26.5 Å². The van der Waals surface area contributed by atoms with Crippen LogP contribution in [0.3, 0.4) is 0 Å². The molecule has 0 aliphatic rings. The number of aliphatic imine (C=N–C) groups is 2. The standard InChI is InChI=1S/C101H65N5O2/c1-4-62-54-74(72-48-52-82-78-34-16-15-32-76(78)77-33-19-20-37-81(77)86(82)58-72)60-90-96-85(39-23-41-94(96)108-97(62)90)101-105-99(66-28-13-8-14-29-66)104-100(106-101)67-44-42-64(43-45-67)69-46-50-83-79-35-17-18-36-80(79)84-51-47-70(57-88(84)87(83)56-69)71-49-53-92-89(59-71)95-75(38-22-40-93(95)107-92)61(3)102-98(65-26-11-7-12-27-65)103-91(5-2)73-31-21-30-68(55-73)63-24-9-6-10-25-63/h4,6-60H,1,3,5H2,2H3. The van der Waals surface area contributed by atoms with Crippen LogP contribution >= 0.6 is 0 Å². The van der Waals surface area contributed by atoms with Gasteiger partial charge in [-0.05, 0) is 182 Å². The molecule has 0 aliphatic heterocycles. The first-order chi connectivity index (χ1) is 53.3. The van der Waals surface area contributed by atoms with Crippen molar-refractivity contribution in [2.45, 2.75) is 13.3 Å². The molecule has 0 fully saturated rings. The highest BCUT2D eigenvalue weighted by Gasteiger charge is 2.23. The van der Waals surface area contributed by atoms with E-state index in [0.717, 1.165) is 144 Å². The molecule has 7 nitrogen and oxygen atoms in total. The molecule has 0 amide bonds. The fourth-order valence-corrected chi connectivity index (χ4v) is 16.2. The zero-order valence-electron chi connectivity index (χ0n) is 59.0. The zero-order chi connectivity index (χ0) is 71.9. The Balaban J connectivity index is 0.661. The highest BCUT2D eigenvalue weighted by atomic mass is 16.3. The number of nitrogens with zero attached hydrogens (tertiary/aromatic N) is 5. The molecule has 0 spiro atoms. The lowest BCUT2D eigenvalue weighted by Crippen LogP contribution is -2.06. The number of rotatable bonds is 13. The van der Waals surface area contributed by atoms with Crippen molar-refractivity contribution in [3.63, 3.8) is 0 Å². The normalized spacial score (nSPS) is 12.2. The monoisotopic (exact) mass is 1380 g/mol. The van der Waals surface area contributed by atoms with Gasteiger partial charge in [0.2, 0.25) is 0 Å². The lowest BCUT2D eigenvalue weighted by Gasteiger charge is -2.14. The van der Waals surface area contributed by atoms with Gasteiger partial charge in [0.25, 0.3) is 0 Å². The molecule has 3 heterocycles. The molecule has 0 atom stereocenters. The molecule has 0 unspecified atom stereocenters. The van der Waals surface area contributed by atoms with Gasteiger partial charge in [-0.1, -0.05) is 299 Å². The predicted octanol–water partition coefficient (Wildman–Crippen LogP) is 27.2. The van der Waals surface area contributed by atoms with Crippen LogP contribution in [0.4, 0.5) is 0 Å². The van der Waals surface area contributed by atoms with Gasteiger partial charge in [-0.15, -0.1) is 0 Å². The van der Waals surface area contributed by atoms with E-state index in [9.17, 15) is 0 Å². The van der Waals surface area contributed by atoms with Gasteiger partial charge in [0.1, 0.15) is 22.3 Å². The summed E-state index contributed by atoms with van der Waals surface area (Å²) in [5, 5.41) is 18.3. The van der Waals surface area contributed by atoms with Gasteiger partial charge < -0.3 is 8.83 Å². The summed E-state index contributed by atoms with van der Waals surface area (Å²) in [6.45, 7) is 11.1. The first-order valence-corrected chi connectivity index (χ1v) is 36.6. The van der Waals surface area contributed by atoms with Crippen LogP contribution in [0.25, 0.3) is 199 Å². The van der Waals surface area contributed by atoms with Crippen molar-refractivity contribution in [1.29, 1.82) is 0 Å². The Kier molecular flexibility index (Phi) is 15.4. The first kappa shape index (κ1) is 63.4. The summed E-state index contributed by atoms with van der Waals surface area (Å²) in [6.07, 6.45) is 2.59. The van der Waals surface area contributed by atoms with Crippen LogP contribution in [0.2, 0.25) is 0 Å². The maximum atomic E-state index is 6.81. The second kappa shape index (κ2) is 26.2. The molecule has 506 valence electrons. The van der Waals surface area contributed by atoms with Crippen LogP contribution in [0.15, 0.2) is 366 Å². The Bertz CT molecular complexity index is 7140. The molecule has 20 aromatic rings. The number of benzene rings is 17. The van der Waals surface area contributed by atoms with E-state index < -0.39 is 0 Å². The third-order valence-corrected chi connectivity index (χ3v) is 21.4. The van der Waals surface area contributed by atoms with Crippen LogP contribution < -0.4 is 0 Å². The average Bonchev–Trinajstić information content (AvgIpc) is 1.05. The molecule has 0 N–H and O–H groups in total. The Labute approximate surface area is 622 Å². The van der Waals surface area contributed by atoms with Crippen LogP contribution in [0, 0.1) is 0 Å². The lowest BCUT2D eigenvalue weighted by atomic mass is 9.90. The van der Waals surface area contributed by atoms with Crippen molar-refractivity contribution >= 4 is 132 Å². The van der Waals surface area contributed by atoms with E-state index in [1.165, 1.54) is 53.9 Å². The van der Waals surface area contributed by atoms with Gasteiger partial charge in [0.15, 0.2) is 23.3 Å². The summed E-state index contributed by atoms with van der Waals surface area (Å²) in [7, 11) is 0. The minimum absolute atomic E-state index is 0.542. The minimum Gasteiger partial charge on any atom is -0.456 e. The van der Waals surface area contributed by atoms with Crippen molar-refractivity contribution in [1.82, 2.24) is 15.0 Å². The van der Waals surface area contributed by atoms with Gasteiger partial charge in [-0.3, -0.25) is 0 Å². The number of hydrogen-bond donors (Lipinski definition) is 0. The molecule has 108 heavy (non-hydrogen) atoms. The van der Waals surface area contributed by atoms with E-state index in [1.54, 1.807) is 0 Å². The summed E-state index contributed by atoms with van der Waals surface area (Å²) in [5.41, 5.74) is 19.6. The van der Waals surface area contributed by atoms with E-state index in [4.69, 9.17) is 33.8 Å². The summed E-state index contributed by atoms with van der Waals surface area (Å²) >= 11 is 0. The van der Waals surface area contributed by atoms with Crippen molar-refractivity contribution in [2.24, 2.45) is 9.98 Å². The van der Waals surface area contributed by atoms with E-state index in [1.807, 2.05) is 84.9 Å². The molecule has 0 aliphatic carbocycles. The third-order valence-electron chi connectivity index (χ3n) is 21.4. The Hall–Kier alpha value is -14.3. The summed E-state index contributed by atoms with van der Waals surface area (Å²) in [6, 6.07) is 118. The maximum absolute atomic E-state index is 6.81. The number of amidine groups is 1. The molecule has 17 aromatic carbocycles. The molecule has 20 rings (SSSR count). The number of aromatic nitrogens is 3. The number of hydrogen-bond acceptors (Lipinski definition) is 6. The highest BCUT2D eigenvalue weighted by molar-refractivity contribution is 6.28. The Morgan fingerprint density at radius 2 is 0.731 bits per heavy atom. The third kappa shape index (κ3) is 10.9. The van der Waals surface area contributed by atoms with Crippen LogP contribution in [0.5, 0.6) is 0 Å². The van der Waals surface area contributed by atoms with E-state index in [0.29, 0.717) is 35.4 Å². The Morgan fingerprint density at radius 3 is 1.33 bits per heavy atom. The second-order valence-electron chi connectivity index (χ2n) is 27.7.